The zero-order valence-electron chi connectivity index (χ0n) is 14.3. The Labute approximate surface area is 138 Å². The second-order valence-electron chi connectivity index (χ2n) is 5.95. The number of aryl methyl sites for hydroxylation is 2. The number of ether oxygens (including phenoxy) is 1. The van der Waals surface area contributed by atoms with E-state index in [2.05, 4.69) is 25.2 Å². The van der Waals surface area contributed by atoms with E-state index in [0.717, 1.165) is 34.5 Å². The van der Waals surface area contributed by atoms with Crippen molar-refractivity contribution in [2.45, 2.75) is 40.0 Å². The van der Waals surface area contributed by atoms with Crippen LogP contribution < -0.4 is 10.1 Å². The number of para-hydroxylation sites is 2. The van der Waals surface area contributed by atoms with Gasteiger partial charge in [-0.05, 0) is 48.9 Å². The van der Waals surface area contributed by atoms with Crippen molar-refractivity contribution < 1.29 is 9.53 Å². The summed E-state index contributed by atoms with van der Waals surface area (Å²) >= 11 is 0. The third-order valence-corrected chi connectivity index (χ3v) is 4.17. The van der Waals surface area contributed by atoms with E-state index in [1.165, 1.54) is 0 Å². The molecule has 3 nitrogen and oxygen atoms in total. The van der Waals surface area contributed by atoms with E-state index >= 15 is 0 Å². The molecular formula is C20H25NO2. The molecule has 2 rings (SSSR count). The minimum absolute atomic E-state index is 0.0151. The molecule has 0 aliphatic carbocycles. The van der Waals surface area contributed by atoms with Gasteiger partial charge in [0.15, 0.2) is 6.61 Å². The molecule has 1 N–H and O–H groups in total. The lowest BCUT2D eigenvalue weighted by Crippen LogP contribution is -2.21. The molecule has 122 valence electrons. The average Bonchev–Trinajstić information content (AvgIpc) is 2.56. The highest BCUT2D eigenvalue weighted by molar-refractivity contribution is 5.93. The Hall–Kier alpha value is -2.29. The fourth-order valence-electron chi connectivity index (χ4n) is 2.57. The molecule has 0 saturated carbocycles. The van der Waals surface area contributed by atoms with E-state index < -0.39 is 0 Å². The Morgan fingerprint density at radius 3 is 2.39 bits per heavy atom. The Balaban J connectivity index is 2.03. The first kappa shape index (κ1) is 17.1. The Kier molecular flexibility index (Phi) is 5.80. The van der Waals surface area contributed by atoms with Crippen LogP contribution in [-0.4, -0.2) is 12.5 Å². The maximum absolute atomic E-state index is 12.2. The zero-order valence-corrected chi connectivity index (χ0v) is 14.3. The first-order valence-corrected chi connectivity index (χ1v) is 8.10. The van der Waals surface area contributed by atoms with Crippen molar-refractivity contribution in [1.29, 1.82) is 0 Å². The Morgan fingerprint density at radius 2 is 1.74 bits per heavy atom. The van der Waals surface area contributed by atoms with Crippen LogP contribution in [0.25, 0.3) is 0 Å². The van der Waals surface area contributed by atoms with Crippen LogP contribution in [0.5, 0.6) is 5.75 Å². The third-order valence-electron chi connectivity index (χ3n) is 4.17. The normalized spacial score (nSPS) is 11.8. The summed E-state index contributed by atoms with van der Waals surface area (Å²) in [6.07, 6.45) is 1.04. The molecule has 0 bridgehead atoms. The molecule has 0 saturated heterocycles. The van der Waals surface area contributed by atoms with Gasteiger partial charge in [0, 0.05) is 5.69 Å². The summed E-state index contributed by atoms with van der Waals surface area (Å²) in [7, 11) is 0. The number of rotatable bonds is 6. The molecule has 1 amide bonds. The minimum Gasteiger partial charge on any atom is -0.483 e. The molecule has 0 aliphatic heterocycles. The smallest absolute Gasteiger partial charge is 0.262 e. The third kappa shape index (κ3) is 4.35. The van der Waals surface area contributed by atoms with Crippen molar-refractivity contribution in [3.63, 3.8) is 0 Å². The predicted molar refractivity (Wildman–Crippen MR) is 95.2 cm³/mol. The molecule has 0 aliphatic rings. The lowest BCUT2D eigenvalue weighted by molar-refractivity contribution is -0.118. The quantitative estimate of drug-likeness (QED) is 0.829. The van der Waals surface area contributed by atoms with E-state index in [4.69, 9.17) is 4.74 Å². The largest absolute Gasteiger partial charge is 0.483 e. The van der Waals surface area contributed by atoms with Crippen LogP contribution in [0.1, 0.15) is 42.9 Å². The Bertz CT molecular complexity index is 659. The van der Waals surface area contributed by atoms with Gasteiger partial charge in [-0.15, -0.1) is 0 Å². The van der Waals surface area contributed by atoms with Crippen molar-refractivity contribution in [3.05, 3.63) is 59.2 Å². The van der Waals surface area contributed by atoms with Crippen LogP contribution in [0.3, 0.4) is 0 Å². The van der Waals surface area contributed by atoms with Gasteiger partial charge in [-0.25, -0.2) is 0 Å². The van der Waals surface area contributed by atoms with Crippen LogP contribution in [0, 0.1) is 13.8 Å². The lowest BCUT2D eigenvalue weighted by atomic mass is 9.98. The summed E-state index contributed by atoms with van der Waals surface area (Å²) < 4.78 is 5.76. The first-order valence-electron chi connectivity index (χ1n) is 8.10. The number of hydrogen-bond acceptors (Lipinski definition) is 2. The molecule has 3 heteroatoms. The van der Waals surface area contributed by atoms with Gasteiger partial charge in [0.25, 0.3) is 5.91 Å². The van der Waals surface area contributed by atoms with E-state index in [0.29, 0.717) is 5.92 Å². The summed E-state index contributed by atoms with van der Waals surface area (Å²) in [5, 5.41) is 2.95. The number of anilines is 1. The minimum atomic E-state index is -0.138. The van der Waals surface area contributed by atoms with Gasteiger partial charge in [-0.1, -0.05) is 50.2 Å². The van der Waals surface area contributed by atoms with Crippen LogP contribution in [0.2, 0.25) is 0 Å². The van der Waals surface area contributed by atoms with Crippen LogP contribution in [-0.2, 0) is 4.79 Å². The topological polar surface area (TPSA) is 38.3 Å². The standard InChI is InChI=1S/C20H25NO2/c1-5-14(2)17-11-6-7-12-18(17)23-13-19(22)21-20-15(3)9-8-10-16(20)4/h6-12,14H,5,13H2,1-4H3,(H,21,22)/t14-/m1/s1. The molecular weight excluding hydrogens is 286 g/mol. The van der Waals surface area contributed by atoms with Crippen molar-refractivity contribution in [3.8, 4) is 5.75 Å². The molecule has 23 heavy (non-hydrogen) atoms. The fraction of sp³-hybridized carbons (Fsp3) is 0.350. The van der Waals surface area contributed by atoms with Gasteiger partial charge in [-0.2, -0.15) is 0 Å². The Morgan fingerprint density at radius 1 is 1.09 bits per heavy atom. The SMILES string of the molecule is CC[C@@H](C)c1ccccc1OCC(=O)Nc1c(C)cccc1C. The number of carbonyl (C=O) groups excluding carboxylic acids is 1. The van der Waals surface area contributed by atoms with Gasteiger partial charge in [-0.3, -0.25) is 4.79 Å². The number of nitrogens with one attached hydrogen (secondary N) is 1. The molecule has 1 atom stereocenters. The van der Waals surface area contributed by atoms with Gasteiger partial charge < -0.3 is 10.1 Å². The average molecular weight is 311 g/mol. The maximum Gasteiger partial charge on any atom is 0.262 e. The van der Waals surface area contributed by atoms with E-state index in [-0.39, 0.29) is 12.5 Å². The van der Waals surface area contributed by atoms with Crippen molar-refractivity contribution >= 4 is 11.6 Å². The van der Waals surface area contributed by atoms with Crippen molar-refractivity contribution in [1.82, 2.24) is 0 Å². The highest BCUT2D eigenvalue weighted by Gasteiger charge is 2.12. The van der Waals surface area contributed by atoms with Crippen molar-refractivity contribution in [2.24, 2.45) is 0 Å². The van der Waals surface area contributed by atoms with Gasteiger partial charge >= 0.3 is 0 Å². The van der Waals surface area contributed by atoms with Gasteiger partial charge in [0.1, 0.15) is 5.75 Å². The molecule has 2 aromatic carbocycles. The summed E-state index contributed by atoms with van der Waals surface area (Å²) in [4.78, 5) is 12.2. The van der Waals surface area contributed by atoms with Gasteiger partial charge in [0.2, 0.25) is 0 Å². The summed E-state index contributed by atoms with van der Waals surface area (Å²) in [5.74, 6) is 1.06. The number of carbonyl (C=O) groups is 1. The highest BCUT2D eigenvalue weighted by atomic mass is 16.5. The number of amides is 1. The monoisotopic (exact) mass is 311 g/mol. The van der Waals surface area contributed by atoms with E-state index in [1.807, 2.05) is 50.2 Å². The number of benzene rings is 2. The predicted octanol–water partition coefficient (Wildman–Crippen LogP) is 4.83. The molecule has 0 unspecified atom stereocenters. The molecule has 0 spiro atoms. The molecule has 0 heterocycles. The first-order chi connectivity index (χ1) is 11.0. The molecule has 0 fully saturated rings. The fourth-order valence-corrected chi connectivity index (χ4v) is 2.57. The van der Waals surface area contributed by atoms with Crippen molar-refractivity contribution in [2.75, 3.05) is 11.9 Å². The number of hydrogen-bond donors (Lipinski definition) is 1. The lowest BCUT2D eigenvalue weighted by Gasteiger charge is -2.16. The maximum atomic E-state index is 12.2. The highest BCUT2D eigenvalue weighted by Crippen LogP contribution is 2.28. The summed E-state index contributed by atoms with van der Waals surface area (Å²) in [5.41, 5.74) is 4.13. The molecule has 0 aromatic heterocycles. The zero-order chi connectivity index (χ0) is 16.8. The summed E-state index contributed by atoms with van der Waals surface area (Å²) in [6, 6.07) is 13.9. The molecule has 0 radical (unpaired) electrons. The van der Waals surface area contributed by atoms with Gasteiger partial charge in [0.05, 0.1) is 0 Å². The van der Waals surface area contributed by atoms with E-state index in [1.54, 1.807) is 0 Å². The second kappa shape index (κ2) is 7.82. The van der Waals surface area contributed by atoms with E-state index in [9.17, 15) is 4.79 Å². The molecule has 2 aromatic rings. The summed E-state index contributed by atoms with van der Waals surface area (Å²) in [6.45, 7) is 8.30. The van der Waals surface area contributed by atoms with Crippen LogP contribution in [0.15, 0.2) is 42.5 Å². The second-order valence-corrected chi connectivity index (χ2v) is 5.95. The van der Waals surface area contributed by atoms with Crippen LogP contribution >= 0.6 is 0 Å². The van der Waals surface area contributed by atoms with Crippen LogP contribution in [0.4, 0.5) is 5.69 Å².